The predicted molar refractivity (Wildman–Crippen MR) is 119 cm³/mol. The average Bonchev–Trinajstić information content (AvgIpc) is 2.73. The molecule has 5 rings (SSSR count). The maximum atomic E-state index is 9.48. The molecule has 0 bridgehead atoms. The lowest BCUT2D eigenvalue weighted by Crippen LogP contribution is -2.33. The summed E-state index contributed by atoms with van der Waals surface area (Å²) in [5.41, 5.74) is 6.15. The van der Waals surface area contributed by atoms with E-state index in [4.69, 9.17) is 4.74 Å². The Morgan fingerprint density at radius 2 is 1.80 bits per heavy atom. The molecule has 4 heteroatoms. The van der Waals surface area contributed by atoms with Crippen molar-refractivity contribution >= 4 is 21.7 Å². The third-order valence-electron chi connectivity index (χ3n) is 6.18. The van der Waals surface area contributed by atoms with Gasteiger partial charge in [-0.2, -0.15) is 5.26 Å². The van der Waals surface area contributed by atoms with Crippen molar-refractivity contribution < 1.29 is 9.30 Å². The molecular weight excluding hydrogens is 370 g/mol. The summed E-state index contributed by atoms with van der Waals surface area (Å²) in [6, 6.07) is 15.1. The van der Waals surface area contributed by atoms with Crippen LogP contribution in [0.5, 0.6) is 11.5 Å². The first-order valence-electron chi connectivity index (χ1n) is 10.2. The Hall–Kier alpha value is -3.45. The van der Waals surface area contributed by atoms with Gasteiger partial charge >= 0.3 is 0 Å². The van der Waals surface area contributed by atoms with Gasteiger partial charge in [-0.3, -0.25) is 0 Å². The Balaban J connectivity index is 1.86. The van der Waals surface area contributed by atoms with E-state index in [1.807, 2.05) is 27.2 Å². The Labute approximate surface area is 176 Å². The molecule has 0 N–H and O–H groups in total. The van der Waals surface area contributed by atoms with E-state index in [1.54, 1.807) is 0 Å². The lowest BCUT2D eigenvalue weighted by molar-refractivity contribution is -0.662. The number of nitriles is 1. The highest BCUT2D eigenvalue weighted by Crippen LogP contribution is 2.50. The number of fused-ring (bicyclic) bond motifs is 3. The zero-order chi connectivity index (χ0) is 21.2. The summed E-state index contributed by atoms with van der Waals surface area (Å²) in [5, 5.41) is 13.0. The van der Waals surface area contributed by atoms with Crippen molar-refractivity contribution in [2.45, 2.75) is 34.1 Å². The zero-order valence-corrected chi connectivity index (χ0v) is 18.0. The molecule has 4 aromatic rings. The SMILES string of the molecule is Cc1c2c(c(C)c3ccccc13)-c1c3c(cc(CC(C)(C)C#N)cc3nc[n+]1C)O2. The smallest absolute Gasteiger partial charge is 0.287 e. The van der Waals surface area contributed by atoms with E-state index in [0.29, 0.717) is 6.42 Å². The molecule has 0 amide bonds. The van der Waals surface area contributed by atoms with E-state index < -0.39 is 5.41 Å². The Morgan fingerprint density at radius 1 is 1.10 bits per heavy atom. The number of rotatable bonds is 2. The largest absolute Gasteiger partial charge is 0.455 e. The van der Waals surface area contributed by atoms with Crippen LogP contribution in [0.4, 0.5) is 0 Å². The number of ether oxygens (including phenoxy) is 1. The topological polar surface area (TPSA) is 49.8 Å². The minimum Gasteiger partial charge on any atom is -0.455 e. The fourth-order valence-electron chi connectivity index (χ4n) is 4.69. The summed E-state index contributed by atoms with van der Waals surface area (Å²) in [7, 11) is 2.04. The number of aryl methyl sites for hydroxylation is 3. The van der Waals surface area contributed by atoms with E-state index in [-0.39, 0.29) is 0 Å². The van der Waals surface area contributed by atoms with Gasteiger partial charge in [0.25, 0.3) is 6.33 Å². The second kappa shape index (κ2) is 6.27. The molecule has 30 heavy (non-hydrogen) atoms. The van der Waals surface area contributed by atoms with Gasteiger partial charge in [0.05, 0.1) is 24.1 Å². The van der Waals surface area contributed by atoms with Crippen LogP contribution in [0.15, 0.2) is 42.7 Å². The first-order chi connectivity index (χ1) is 14.3. The van der Waals surface area contributed by atoms with Crippen molar-refractivity contribution in [3.8, 4) is 28.8 Å². The molecule has 4 nitrogen and oxygen atoms in total. The Morgan fingerprint density at radius 3 is 2.50 bits per heavy atom. The molecule has 0 saturated heterocycles. The van der Waals surface area contributed by atoms with Gasteiger partial charge in [-0.05, 0) is 73.1 Å². The van der Waals surface area contributed by atoms with Crippen LogP contribution < -0.4 is 9.30 Å². The van der Waals surface area contributed by atoms with Gasteiger partial charge < -0.3 is 4.74 Å². The molecule has 1 aromatic heterocycles. The molecule has 2 heterocycles. The van der Waals surface area contributed by atoms with E-state index in [0.717, 1.165) is 44.8 Å². The van der Waals surface area contributed by atoms with Crippen LogP contribution in [0, 0.1) is 30.6 Å². The molecule has 3 aromatic carbocycles. The van der Waals surface area contributed by atoms with Crippen LogP contribution in [0.1, 0.15) is 30.5 Å². The first-order valence-corrected chi connectivity index (χ1v) is 10.2. The average molecular weight is 394 g/mol. The van der Waals surface area contributed by atoms with Crippen LogP contribution in [-0.2, 0) is 13.5 Å². The van der Waals surface area contributed by atoms with E-state index >= 15 is 0 Å². The highest BCUT2D eigenvalue weighted by molar-refractivity contribution is 6.05. The normalized spacial score (nSPS) is 12.5. The Bertz CT molecular complexity index is 1410. The second-order valence-corrected chi connectivity index (χ2v) is 8.97. The van der Waals surface area contributed by atoms with Gasteiger partial charge in [0.2, 0.25) is 0 Å². The number of benzene rings is 3. The Kier molecular flexibility index (Phi) is 3.88. The minimum atomic E-state index is -0.446. The summed E-state index contributed by atoms with van der Waals surface area (Å²) in [6.07, 6.45) is 2.52. The molecule has 0 unspecified atom stereocenters. The summed E-state index contributed by atoms with van der Waals surface area (Å²) in [5.74, 6) is 1.73. The molecular formula is C26H24N3O+. The number of hydrogen-bond donors (Lipinski definition) is 0. The summed E-state index contributed by atoms with van der Waals surface area (Å²) < 4.78 is 8.67. The van der Waals surface area contributed by atoms with Gasteiger partial charge in [-0.15, -0.1) is 0 Å². The fourth-order valence-corrected chi connectivity index (χ4v) is 4.69. The van der Waals surface area contributed by atoms with E-state index in [2.05, 4.69) is 65.9 Å². The highest BCUT2D eigenvalue weighted by Gasteiger charge is 2.32. The monoisotopic (exact) mass is 394 g/mol. The molecule has 0 radical (unpaired) electrons. The van der Waals surface area contributed by atoms with Gasteiger partial charge in [0.1, 0.15) is 16.9 Å². The van der Waals surface area contributed by atoms with Crippen molar-refractivity contribution in [2.24, 2.45) is 12.5 Å². The van der Waals surface area contributed by atoms with Crippen LogP contribution in [-0.4, -0.2) is 4.98 Å². The third-order valence-corrected chi connectivity index (χ3v) is 6.18. The molecule has 0 aliphatic carbocycles. The van der Waals surface area contributed by atoms with Gasteiger partial charge in [0, 0.05) is 5.56 Å². The maximum absolute atomic E-state index is 9.48. The van der Waals surface area contributed by atoms with Crippen molar-refractivity contribution in [3.63, 3.8) is 0 Å². The van der Waals surface area contributed by atoms with Crippen molar-refractivity contribution in [1.29, 1.82) is 5.26 Å². The van der Waals surface area contributed by atoms with E-state index in [1.165, 1.54) is 16.3 Å². The number of hydrogen-bond acceptors (Lipinski definition) is 3. The van der Waals surface area contributed by atoms with Crippen molar-refractivity contribution in [3.05, 3.63) is 59.4 Å². The summed E-state index contributed by atoms with van der Waals surface area (Å²) >= 11 is 0. The van der Waals surface area contributed by atoms with Crippen LogP contribution >= 0.6 is 0 Å². The lowest BCUT2D eigenvalue weighted by atomic mass is 9.86. The second-order valence-electron chi connectivity index (χ2n) is 8.97. The van der Waals surface area contributed by atoms with Crippen LogP contribution in [0.25, 0.3) is 32.9 Å². The fraction of sp³-hybridized carbons (Fsp3) is 0.269. The standard InChI is InChI=1S/C26H24N3O/c1-15-18-8-6-7-9-19(18)16(2)25-22(15)24-23-20(28-14-29(24)5)10-17(11-21(23)30-25)12-26(3,4)13-27/h6-11,14H,12H2,1-5H3/q+1. The van der Waals surface area contributed by atoms with Gasteiger partial charge in [-0.25, -0.2) is 4.57 Å². The van der Waals surface area contributed by atoms with E-state index in [9.17, 15) is 5.26 Å². The van der Waals surface area contributed by atoms with Crippen molar-refractivity contribution in [2.75, 3.05) is 0 Å². The summed E-state index contributed by atoms with van der Waals surface area (Å²) in [6.45, 7) is 8.22. The van der Waals surface area contributed by atoms with Gasteiger partial charge in [0.15, 0.2) is 11.2 Å². The number of aromatic nitrogens is 2. The first kappa shape index (κ1) is 18.6. The highest BCUT2D eigenvalue weighted by atomic mass is 16.5. The third kappa shape index (κ3) is 2.59. The molecule has 0 spiro atoms. The molecule has 1 aliphatic heterocycles. The summed E-state index contributed by atoms with van der Waals surface area (Å²) in [4.78, 5) is 4.69. The van der Waals surface area contributed by atoms with Gasteiger partial charge in [-0.1, -0.05) is 24.3 Å². The minimum absolute atomic E-state index is 0.446. The van der Waals surface area contributed by atoms with Crippen molar-refractivity contribution in [1.82, 2.24) is 4.98 Å². The molecule has 1 aliphatic rings. The molecule has 0 atom stereocenters. The predicted octanol–water partition coefficient (Wildman–Crippen LogP) is 5.69. The van der Waals surface area contributed by atoms with Crippen LogP contribution in [0.2, 0.25) is 0 Å². The maximum Gasteiger partial charge on any atom is 0.287 e. The number of nitrogens with zero attached hydrogens (tertiary/aromatic N) is 3. The zero-order valence-electron chi connectivity index (χ0n) is 18.0. The lowest BCUT2D eigenvalue weighted by Gasteiger charge is -2.25. The quantitative estimate of drug-likeness (QED) is 0.361. The molecule has 0 fully saturated rings. The van der Waals surface area contributed by atoms with Crippen LogP contribution in [0.3, 0.4) is 0 Å². The molecule has 0 saturated carbocycles. The molecule has 148 valence electrons.